The average molecular weight is 374 g/mol. The predicted molar refractivity (Wildman–Crippen MR) is 108 cm³/mol. The molecule has 0 atom stereocenters. The number of rotatable bonds is 4. The molecule has 2 aromatic heterocycles. The van der Waals surface area contributed by atoms with Crippen LogP contribution >= 0.6 is 11.3 Å². The van der Waals surface area contributed by atoms with Gasteiger partial charge in [0, 0.05) is 12.4 Å². The Hall–Kier alpha value is -3.12. The van der Waals surface area contributed by atoms with Crippen LogP contribution in [0.3, 0.4) is 0 Å². The Kier molecular flexibility index (Phi) is 4.64. The largest absolute Gasteiger partial charge is 0.280 e. The fourth-order valence-corrected chi connectivity index (χ4v) is 4.03. The highest BCUT2D eigenvalue weighted by Crippen LogP contribution is 2.33. The van der Waals surface area contributed by atoms with Crippen LogP contribution in [0, 0.1) is 13.8 Å². The number of benzene rings is 2. The maximum absolute atomic E-state index is 13.2. The minimum Gasteiger partial charge on any atom is -0.278 e. The van der Waals surface area contributed by atoms with Gasteiger partial charge >= 0.3 is 0 Å². The van der Waals surface area contributed by atoms with Crippen LogP contribution in [0.4, 0.5) is 5.13 Å². The summed E-state index contributed by atoms with van der Waals surface area (Å²) in [5.41, 5.74) is 4.58. The zero-order valence-corrected chi connectivity index (χ0v) is 15.9. The van der Waals surface area contributed by atoms with Crippen molar-refractivity contribution in [3.05, 3.63) is 83.4 Å². The average Bonchev–Trinajstić information content (AvgIpc) is 3.11. The Balaban J connectivity index is 1.80. The van der Waals surface area contributed by atoms with Crippen molar-refractivity contribution in [2.45, 2.75) is 20.4 Å². The SMILES string of the molecule is Cc1cc(C)c2sc(N(Cc3ccccc3)C(=O)c3cnccn3)nc2c1. The van der Waals surface area contributed by atoms with Crippen LogP contribution in [0.5, 0.6) is 0 Å². The number of aryl methyl sites for hydroxylation is 2. The summed E-state index contributed by atoms with van der Waals surface area (Å²) in [5.74, 6) is -0.208. The monoisotopic (exact) mass is 374 g/mol. The lowest BCUT2D eigenvalue weighted by Crippen LogP contribution is -2.31. The molecule has 1 amide bonds. The van der Waals surface area contributed by atoms with Gasteiger partial charge in [-0.05, 0) is 36.6 Å². The van der Waals surface area contributed by atoms with E-state index in [1.54, 1.807) is 11.1 Å². The van der Waals surface area contributed by atoms with Crippen molar-refractivity contribution >= 4 is 32.6 Å². The molecule has 134 valence electrons. The third-order valence-corrected chi connectivity index (χ3v) is 5.48. The van der Waals surface area contributed by atoms with Crippen LogP contribution < -0.4 is 4.90 Å². The summed E-state index contributed by atoms with van der Waals surface area (Å²) in [4.78, 5) is 27.8. The second kappa shape index (κ2) is 7.25. The quantitative estimate of drug-likeness (QED) is 0.526. The lowest BCUT2D eigenvalue weighted by Gasteiger charge is -2.19. The molecule has 0 bridgehead atoms. The van der Waals surface area contributed by atoms with Gasteiger partial charge in [-0.3, -0.25) is 14.7 Å². The molecule has 0 saturated heterocycles. The maximum Gasteiger partial charge on any atom is 0.280 e. The zero-order valence-electron chi connectivity index (χ0n) is 15.1. The number of nitrogens with zero attached hydrogens (tertiary/aromatic N) is 4. The van der Waals surface area contributed by atoms with Crippen molar-refractivity contribution in [3.63, 3.8) is 0 Å². The molecule has 0 fully saturated rings. The number of fused-ring (bicyclic) bond motifs is 1. The molecule has 4 aromatic rings. The molecular weight excluding hydrogens is 356 g/mol. The minimum atomic E-state index is -0.208. The Morgan fingerprint density at radius 3 is 2.67 bits per heavy atom. The van der Waals surface area contributed by atoms with Crippen LogP contribution in [0.1, 0.15) is 27.2 Å². The van der Waals surface area contributed by atoms with Crippen molar-refractivity contribution in [2.75, 3.05) is 4.90 Å². The zero-order chi connectivity index (χ0) is 18.8. The normalized spacial score (nSPS) is 10.9. The van der Waals surface area contributed by atoms with Crippen LogP contribution in [0.15, 0.2) is 61.1 Å². The smallest absolute Gasteiger partial charge is 0.278 e. The number of hydrogen-bond donors (Lipinski definition) is 0. The molecule has 5 nitrogen and oxygen atoms in total. The molecule has 4 rings (SSSR count). The highest BCUT2D eigenvalue weighted by molar-refractivity contribution is 7.22. The molecule has 0 saturated carbocycles. The van der Waals surface area contributed by atoms with E-state index in [0.717, 1.165) is 21.3 Å². The van der Waals surface area contributed by atoms with Crippen LogP contribution in [-0.2, 0) is 6.54 Å². The number of carbonyl (C=O) groups excluding carboxylic acids is 1. The van der Waals surface area contributed by atoms with E-state index in [1.807, 2.05) is 30.3 Å². The summed E-state index contributed by atoms with van der Waals surface area (Å²) in [5, 5.41) is 0.665. The van der Waals surface area contributed by atoms with Crippen molar-refractivity contribution in [2.24, 2.45) is 0 Å². The van der Waals surface area contributed by atoms with E-state index in [0.29, 0.717) is 17.4 Å². The molecule has 27 heavy (non-hydrogen) atoms. The van der Waals surface area contributed by atoms with E-state index in [1.165, 1.54) is 29.3 Å². The second-order valence-corrected chi connectivity index (χ2v) is 7.37. The summed E-state index contributed by atoms with van der Waals surface area (Å²) < 4.78 is 1.10. The van der Waals surface area contributed by atoms with Crippen molar-refractivity contribution in [3.8, 4) is 0 Å². The van der Waals surface area contributed by atoms with E-state index in [2.05, 4.69) is 35.9 Å². The molecule has 0 aliphatic rings. The summed E-state index contributed by atoms with van der Waals surface area (Å²) >= 11 is 1.53. The van der Waals surface area contributed by atoms with Gasteiger partial charge in [0.2, 0.25) is 0 Å². The van der Waals surface area contributed by atoms with Gasteiger partial charge in [0.1, 0.15) is 5.69 Å². The molecule has 0 aliphatic carbocycles. The topological polar surface area (TPSA) is 59.0 Å². The molecule has 0 N–H and O–H groups in total. The Bertz CT molecular complexity index is 1090. The number of thiazole rings is 1. The number of anilines is 1. The highest BCUT2D eigenvalue weighted by Gasteiger charge is 2.23. The van der Waals surface area contributed by atoms with Gasteiger partial charge in [-0.15, -0.1) is 0 Å². The second-order valence-electron chi connectivity index (χ2n) is 6.39. The van der Waals surface area contributed by atoms with E-state index in [4.69, 9.17) is 4.98 Å². The van der Waals surface area contributed by atoms with E-state index in [-0.39, 0.29) is 5.91 Å². The van der Waals surface area contributed by atoms with Gasteiger partial charge in [0.25, 0.3) is 5.91 Å². The van der Waals surface area contributed by atoms with E-state index in [9.17, 15) is 4.79 Å². The fourth-order valence-electron chi connectivity index (χ4n) is 3.02. The molecule has 6 heteroatoms. The first kappa shape index (κ1) is 17.3. The van der Waals surface area contributed by atoms with Crippen LogP contribution in [0.25, 0.3) is 10.2 Å². The molecule has 2 heterocycles. The Morgan fingerprint density at radius 2 is 1.93 bits per heavy atom. The van der Waals surface area contributed by atoms with Gasteiger partial charge in [-0.2, -0.15) is 0 Å². The van der Waals surface area contributed by atoms with Crippen LogP contribution in [-0.4, -0.2) is 20.9 Å². The highest BCUT2D eigenvalue weighted by atomic mass is 32.1. The molecule has 0 aliphatic heterocycles. The van der Waals surface area contributed by atoms with Crippen LogP contribution in [0.2, 0.25) is 0 Å². The Labute approximate surface area is 161 Å². The number of hydrogen-bond acceptors (Lipinski definition) is 5. The maximum atomic E-state index is 13.2. The van der Waals surface area contributed by atoms with Crippen molar-refractivity contribution in [1.82, 2.24) is 15.0 Å². The van der Waals surface area contributed by atoms with Gasteiger partial charge in [0.05, 0.1) is 23.0 Å². The minimum absolute atomic E-state index is 0.208. The lowest BCUT2D eigenvalue weighted by molar-refractivity contribution is 0.0980. The van der Waals surface area contributed by atoms with Crippen molar-refractivity contribution in [1.29, 1.82) is 0 Å². The molecule has 0 radical (unpaired) electrons. The third-order valence-electron chi connectivity index (χ3n) is 4.25. The summed E-state index contributed by atoms with van der Waals surface area (Å²) in [6.07, 6.45) is 4.57. The number of aromatic nitrogens is 3. The first-order valence-corrected chi connectivity index (χ1v) is 9.43. The molecule has 0 spiro atoms. The number of carbonyl (C=O) groups is 1. The summed E-state index contributed by atoms with van der Waals surface area (Å²) in [6.45, 7) is 4.55. The number of amides is 1. The van der Waals surface area contributed by atoms with Gasteiger partial charge < -0.3 is 0 Å². The third kappa shape index (κ3) is 3.57. The first-order valence-electron chi connectivity index (χ1n) is 8.61. The van der Waals surface area contributed by atoms with E-state index < -0.39 is 0 Å². The Morgan fingerprint density at radius 1 is 1.11 bits per heavy atom. The summed E-state index contributed by atoms with van der Waals surface area (Å²) in [7, 11) is 0. The van der Waals surface area contributed by atoms with Crippen molar-refractivity contribution < 1.29 is 4.79 Å². The lowest BCUT2D eigenvalue weighted by atomic mass is 10.1. The fraction of sp³-hybridized carbons (Fsp3) is 0.143. The van der Waals surface area contributed by atoms with Gasteiger partial charge in [-0.25, -0.2) is 9.97 Å². The standard InChI is InChI=1S/C21H18N4OS/c1-14-10-15(2)19-17(11-14)24-21(27-19)25(13-16-6-4-3-5-7-16)20(26)18-12-22-8-9-23-18/h3-12H,13H2,1-2H3. The van der Waals surface area contributed by atoms with Gasteiger partial charge in [-0.1, -0.05) is 47.7 Å². The molecule has 2 aromatic carbocycles. The molecule has 0 unspecified atom stereocenters. The van der Waals surface area contributed by atoms with Gasteiger partial charge in [0.15, 0.2) is 5.13 Å². The van der Waals surface area contributed by atoms with E-state index >= 15 is 0 Å². The summed E-state index contributed by atoms with van der Waals surface area (Å²) in [6, 6.07) is 14.1. The molecular formula is C21H18N4OS. The predicted octanol–water partition coefficient (Wildman–Crippen LogP) is 4.55. The first-order chi connectivity index (χ1) is 13.1.